The molecule has 5 heteroatoms. The van der Waals surface area contributed by atoms with Crippen molar-refractivity contribution in [3.05, 3.63) is 17.5 Å². The lowest BCUT2D eigenvalue weighted by atomic mass is 10.2. The normalized spacial score (nSPS) is 15.8. The maximum Gasteiger partial charge on any atom is 0.191 e. The van der Waals surface area contributed by atoms with Gasteiger partial charge in [0.1, 0.15) is 0 Å². The van der Waals surface area contributed by atoms with Gasteiger partial charge in [0.05, 0.1) is 11.9 Å². The second-order valence-corrected chi connectivity index (χ2v) is 12.6. The molecule has 1 aliphatic rings. The van der Waals surface area contributed by atoms with E-state index in [2.05, 4.69) is 43.6 Å². The molecular formula is C14H26N2OSSi. The molecule has 2 rings (SSSR count). The first-order chi connectivity index (χ1) is 8.81. The number of aryl methyl sites for hydroxylation is 1. The first kappa shape index (κ1) is 15.1. The summed E-state index contributed by atoms with van der Waals surface area (Å²) in [5.74, 6) is 2.26. The average molecular weight is 299 g/mol. The van der Waals surface area contributed by atoms with E-state index in [0.29, 0.717) is 5.04 Å². The summed E-state index contributed by atoms with van der Waals surface area (Å²) in [4.78, 5) is 0. The summed E-state index contributed by atoms with van der Waals surface area (Å²) in [5.41, 5.74) is 2.85. The van der Waals surface area contributed by atoms with Gasteiger partial charge < -0.3 is 4.43 Å². The minimum atomic E-state index is -1.58. The van der Waals surface area contributed by atoms with Crippen molar-refractivity contribution in [2.75, 3.05) is 6.61 Å². The molecule has 0 amide bonds. The van der Waals surface area contributed by atoms with Crippen molar-refractivity contribution in [3.63, 3.8) is 0 Å². The highest BCUT2D eigenvalue weighted by Gasteiger charge is 2.36. The molecular weight excluding hydrogens is 272 g/mol. The van der Waals surface area contributed by atoms with Gasteiger partial charge in [-0.25, -0.2) is 0 Å². The Hall–Kier alpha value is -0.263. The van der Waals surface area contributed by atoms with Crippen molar-refractivity contribution in [1.82, 2.24) is 9.78 Å². The molecule has 0 aliphatic carbocycles. The Morgan fingerprint density at radius 3 is 2.79 bits per heavy atom. The van der Waals surface area contributed by atoms with Gasteiger partial charge in [0.15, 0.2) is 8.32 Å². The van der Waals surface area contributed by atoms with Crippen LogP contribution in [0.4, 0.5) is 0 Å². The van der Waals surface area contributed by atoms with Gasteiger partial charge in [0.25, 0.3) is 0 Å². The van der Waals surface area contributed by atoms with E-state index in [4.69, 9.17) is 4.43 Å². The van der Waals surface area contributed by atoms with E-state index >= 15 is 0 Å². The summed E-state index contributed by atoms with van der Waals surface area (Å²) in [6, 6.07) is 0. The van der Waals surface area contributed by atoms with E-state index in [1.807, 2.05) is 18.0 Å². The lowest BCUT2D eigenvalue weighted by Gasteiger charge is -2.36. The minimum absolute atomic E-state index is 0.302. The molecule has 0 saturated carbocycles. The van der Waals surface area contributed by atoms with Crippen LogP contribution in [0.5, 0.6) is 0 Å². The number of rotatable bonds is 5. The first-order valence-electron chi connectivity index (χ1n) is 7.06. The lowest BCUT2D eigenvalue weighted by Crippen LogP contribution is -2.41. The molecule has 2 heterocycles. The van der Waals surface area contributed by atoms with Crippen LogP contribution in [0.3, 0.4) is 0 Å². The molecule has 0 aromatic carbocycles. The predicted octanol–water partition coefficient (Wildman–Crippen LogP) is 4.04. The third kappa shape index (κ3) is 3.44. The van der Waals surface area contributed by atoms with Gasteiger partial charge in [-0.3, -0.25) is 4.68 Å². The molecule has 108 valence electrons. The van der Waals surface area contributed by atoms with Gasteiger partial charge in [0.2, 0.25) is 0 Å². The minimum Gasteiger partial charge on any atom is -0.417 e. The lowest BCUT2D eigenvalue weighted by molar-refractivity contribution is 0.272. The first-order valence-corrected chi connectivity index (χ1v) is 11.1. The molecule has 0 radical (unpaired) electrons. The number of hydrogen-bond donors (Lipinski definition) is 0. The van der Waals surface area contributed by atoms with Crippen LogP contribution < -0.4 is 0 Å². The molecule has 0 unspecified atom stereocenters. The highest BCUT2D eigenvalue weighted by atomic mass is 32.2. The SMILES string of the molecule is CC(C)(C)[Si](C)(C)OCCCn1ncc2c1CSC2. The van der Waals surface area contributed by atoms with Crippen molar-refractivity contribution in [3.8, 4) is 0 Å². The molecule has 0 spiro atoms. The molecule has 0 N–H and O–H groups in total. The van der Waals surface area contributed by atoms with E-state index in [1.165, 1.54) is 11.3 Å². The molecule has 3 nitrogen and oxygen atoms in total. The Labute approximate surface area is 122 Å². The maximum atomic E-state index is 6.20. The fourth-order valence-corrected chi connectivity index (χ4v) is 4.12. The van der Waals surface area contributed by atoms with Crippen molar-refractivity contribution in [1.29, 1.82) is 0 Å². The van der Waals surface area contributed by atoms with Crippen LogP contribution in [0, 0.1) is 0 Å². The molecule has 0 bridgehead atoms. The number of hydrogen-bond acceptors (Lipinski definition) is 3. The third-order valence-corrected chi connectivity index (χ3v) is 9.85. The molecule has 0 saturated heterocycles. The Morgan fingerprint density at radius 1 is 1.37 bits per heavy atom. The Bertz CT molecular complexity index is 437. The summed E-state index contributed by atoms with van der Waals surface area (Å²) < 4.78 is 8.38. The quantitative estimate of drug-likeness (QED) is 0.606. The summed E-state index contributed by atoms with van der Waals surface area (Å²) in [6.07, 6.45) is 3.09. The van der Waals surface area contributed by atoms with E-state index in [1.54, 1.807) is 0 Å². The summed E-state index contributed by atoms with van der Waals surface area (Å²) in [7, 11) is -1.58. The van der Waals surface area contributed by atoms with Crippen molar-refractivity contribution in [2.24, 2.45) is 0 Å². The van der Waals surface area contributed by atoms with Crippen LogP contribution in [-0.2, 0) is 22.5 Å². The van der Waals surface area contributed by atoms with Crippen LogP contribution in [0.1, 0.15) is 38.4 Å². The molecule has 1 aliphatic heterocycles. The van der Waals surface area contributed by atoms with E-state index < -0.39 is 8.32 Å². The summed E-state index contributed by atoms with van der Waals surface area (Å²) in [5, 5.41) is 4.78. The average Bonchev–Trinajstić information content (AvgIpc) is 2.86. The number of fused-ring (bicyclic) bond motifs is 1. The van der Waals surface area contributed by atoms with Gasteiger partial charge in [0, 0.05) is 30.2 Å². The Morgan fingerprint density at radius 2 is 2.11 bits per heavy atom. The zero-order valence-corrected chi connectivity index (χ0v) is 14.6. The monoisotopic (exact) mass is 298 g/mol. The number of nitrogens with zero attached hydrogens (tertiary/aromatic N) is 2. The molecule has 0 fully saturated rings. The second kappa shape index (κ2) is 5.62. The molecule has 19 heavy (non-hydrogen) atoms. The molecule has 1 aromatic heterocycles. The van der Waals surface area contributed by atoms with Crippen molar-refractivity contribution >= 4 is 20.1 Å². The van der Waals surface area contributed by atoms with Crippen LogP contribution in [0.25, 0.3) is 0 Å². The fourth-order valence-electron chi connectivity index (χ4n) is 1.95. The molecule has 0 atom stereocenters. The van der Waals surface area contributed by atoms with Gasteiger partial charge in [-0.2, -0.15) is 16.9 Å². The largest absolute Gasteiger partial charge is 0.417 e. The Balaban J connectivity index is 1.78. The smallest absolute Gasteiger partial charge is 0.191 e. The van der Waals surface area contributed by atoms with Gasteiger partial charge in [-0.15, -0.1) is 0 Å². The van der Waals surface area contributed by atoms with Crippen LogP contribution >= 0.6 is 11.8 Å². The van der Waals surface area contributed by atoms with Gasteiger partial charge in [-0.1, -0.05) is 20.8 Å². The van der Waals surface area contributed by atoms with Crippen molar-refractivity contribution < 1.29 is 4.43 Å². The van der Waals surface area contributed by atoms with E-state index in [9.17, 15) is 0 Å². The third-order valence-electron chi connectivity index (χ3n) is 4.31. The van der Waals surface area contributed by atoms with E-state index in [0.717, 1.165) is 31.1 Å². The topological polar surface area (TPSA) is 27.1 Å². The van der Waals surface area contributed by atoms with Crippen LogP contribution in [0.2, 0.25) is 18.1 Å². The van der Waals surface area contributed by atoms with E-state index in [-0.39, 0.29) is 0 Å². The van der Waals surface area contributed by atoms with Crippen LogP contribution in [-0.4, -0.2) is 24.7 Å². The zero-order valence-electron chi connectivity index (χ0n) is 12.8. The second-order valence-electron chi connectivity index (χ2n) is 6.79. The summed E-state index contributed by atoms with van der Waals surface area (Å²) >= 11 is 1.99. The van der Waals surface area contributed by atoms with Gasteiger partial charge >= 0.3 is 0 Å². The number of thioether (sulfide) groups is 1. The van der Waals surface area contributed by atoms with Crippen LogP contribution in [0.15, 0.2) is 6.20 Å². The summed E-state index contributed by atoms with van der Waals surface area (Å²) in [6.45, 7) is 13.3. The highest BCUT2D eigenvalue weighted by molar-refractivity contribution is 7.98. The molecule has 1 aromatic rings. The van der Waals surface area contributed by atoms with Crippen molar-refractivity contribution in [2.45, 2.75) is 63.4 Å². The fraction of sp³-hybridized carbons (Fsp3) is 0.786. The zero-order chi connectivity index (χ0) is 14.1. The highest BCUT2D eigenvalue weighted by Crippen LogP contribution is 2.36. The van der Waals surface area contributed by atoms with Gasteiger partial charge in [-0.05, 0) is 24.6 Å². The maximum absolute atomic E-state index is 6.20. The Kier molecular flexibility index (Phi) is 4.47. The standard InChI is InChI=1S/C14H26N2OSSi/c1-14(2,3)19(4,5)17-8-6-7-16-13-11-18-10-12(13)9-15-16/h9H,6-8,10-11H2,1-5H3. The number of aromatic nitrogens is 2. The predicted molar refractivity (Wildman–Crippen MR) is 85.0 cm³/mol.